The molecule has 1 heterocycles. The first-order chi connectivity index (χ1) is 9.39. The summed E-state index contributed by atoms with van der Waals surface area (Å²) in [5.74, 6) is 0.0849. The largest absolute Gasteiger partial charge is 0.383 e. The standard InChI is InChI=1S/C15H25N3O2/c1-4-15(7-5-6-8-15)13(19)16-11-14(2,20)12-9-17-18(3)10-12/h9-10,20H,4-8,11H2,1-3H3,(H,16,19). The van der Waals surface area contributed by atoms with Crippen molar-refractivity contribution in [1.82, 2.24) is 15.1 Å². The summed E-state index contributed by atoms with van der Waals surface area (Å²) in [5.41, 5.74) is -0.583. The second-order valence-corrected chi connectivity index (χ2v) is 6.20. The molecule has 112 valence electrons. The molecule has 0 spiro atoms. The molecule has 0 bridgehead atoms. The van der Waals surface area contributed by atoms with E-state index in [1.165, 1.54) is 0 Å². The summed E-state index contributed by atoms with van der Waals surface area (Å²) >= 11 is 0. The summed E-state index contributed by atoms with van der Waals surface area (Å²) in [6.07, 6.45) is 8.46. The van der Waals surface area contributed by atoms with Crippen LogP contribution in [-0.4, -0.2) is 27.3 Å². The minimum atomic E-state index is -1.09. The first-order valence-electron chi connectivity index (χ1n) is 7.39. The van der Waals surface area contributed by atoms with Gasteiger partial charge >= 0.3 is 0 Å². The molecule has 1 atom stereocenters. The molecule has 5 heteroatoms. The van der Waals surface area contributed by atoms with E-state index in [9.17, 15) is 9.90 Å². The second kappa shape index (κ2) is 5.56. The SMILES string of the molecule is CCC1(C(=O)NCC(C)(O)c2cnn(C)c2)CCCC1. The van der Waals surface area contributed by atoms with Gasteiger partial charge in [0.2, 0.25) is 5.91 Å². The number of aromatic nitrogens is 2. The molecular formula is C15H25N3O2. The number of carbonyl (C=O) groups is 1. The molecule has 1 aromatic heterocycles. The lowest BCUT2D eigenvalue weighted by Gasteiger charge is -2.29. The zero-order chi connectivity index (χ0) is 14.8. The van der Waals surface area contributed by atoms with Crippen molar-refractivity contribution in [1.29, 1.82) is 0 Å². The number of amides is 1. The number of nitrogens with zero attached hydrogens (tertiary/aromatic N) is 2. The van der Waals surface area contributed by atoms with Crippen molar-refractivity contribution in [2.45, 2.75) is 51.6 Å². The van der Waals surface area contributed by atoms with Crippen molar-refractivity contribution < 1.29 is 9.90 Å². The summed E-state index contributed by atoms with van der Waals surface area (Å²) in [4.78, 5) is 12.4. The summed E-state index contributed by atoms with van der Waals surface area (Å²) in [6, 6.07) is 0. The van der Waals surface area contributed by atoms with E-state index in [-0.39, 0.29) is 17.9 Å². The maximum absolute atomic E-state index is 12.4. The van der Waals surface area contributed by atoms with Gasteiger partial charge in [-0.3, -0.25) is 9.48 Å². The van der Waals surface area contributed by atoms with E-state index in [4.69, 9.17) is 0 Å². The third-order valence-corrected chi connectivity index (χ3v) is 4.64. The van der Waals surface area contributed by atoms with Crippen LogP contribution in [0.25, 0.3) is 0 Å². The Morgan fingerprint density at radius 2 is 2.20 bits per heavy atom. The molecule has 20 heavy (non-hydrogen) atoms. The predicted molar refractivity (Wildman–Crippen MR) is 77.0 cm³/mol. The molecule has 1 aromatic rings. The van der Waals surface area contributed by atoms with E-state index in [1.54, 1.807) is 24.0 Å². The van der Waals surface area contributed by atoms with E-state index < -0.39 is 5.60 Å². The van der Waals surface area contributed by atoms with Gasteiger partial charge in [-0.1, -0.05) is 19.8 Å². The van der Waals surface area contributed by atoms with Crippen molar-refractivity contribution in [2.75, 3.05) is 6.54 Å². The Morgan fingerprint density at radius 3 is 2.70 bits per heavy atom. The van der Waals surface area contributed by atoms with Crippen molar-refractivity contribution in [3.63, 3.8) is 0 Å². The minimum Gasteiger partial charge on any atom is -0.383 e. The predicted octanol–water partition coefficient (Wildman–Crippen LogP) is 1.71. The van der Waals surface area contributed by atoms with Crippen molar-refractivity contribution in [2.24, 2.45) is 12.5 Å². The summed E-state index contributed by atoms with van der Waals surface area (Å²) < 4.78 is 1.65. The lowest BCUT2D eigenvalue weighted by molar-refractivity contribution is -0.132. The number of hydrogen-bond acceptors (Lipinski definition) is 3. The smallest absolute Gasteiger partial charge is 0.226 e. The van der Waals surface area contributed by atoms with Crippen molar-refractivity contribution in [3.8, 4) is 0 Å². The van der Waals surface area contributed by atoms with Crippen LogP contribution in [0, 0.1) is 5.41 Å². The Bertz CT molecular complexity index is 473. The van der Waals surface area contributed by atoms with E-state index >= 15 is 0 Å². The van der Waals surface area contributed by atoms with Gasteiger partial charge in [0.05, 0.1) is 12.7 Å². The first-order valence-corrected chi connectivity index (χ1v) is 7.39. The molecule has 0 saturated heterocycles. The summed E-state index contributed by atoms with van der Waals surface area (Å²) in [5, 5.41) is 17.5. The highest BCUT2D eigenvalue weighted by Gasteiger charge is 2.40. The Balaban J connectivity index is 1.99. The average molecular weight is 279 g/mol. The fraction of sp³-hybridized carbons (Fsp3) is 0.733. The van der Waals surface area contributed by atoms with Crippen LogP contribution in [0.3, 0.4) is 0 Å². The van der Waals surface area contributed by atoms with Gasteiger partial charge < -0.3 is 10.4 Å². The van der Waals surface area contributed by atoms with Crippen LogP contribution in [0.1, 0.15) is 51.5 Å². The van der Waals surface area contributed by atoms with Crippen LogP contribution in [0.4, 0.5) is 0 Å². The fourth-order valence-electron chi connectivity index (χ4n) is 3.03. The number of aryl methyl sites for hydroxylation is 1. The molecular weight excluding hydrogens is 254 g/mol. The first kappa shape index (κ1) is 15.0. The van der Waals surface area contributed by atoms with Crippen LogP contribution in [0.2, 0.25) is 0 Å². The van der Waals surface area contributed by atoms with Gasteiger partial charge in [-0.2, -0.15) is 5.10 Å². The van der Waals surface area contributed by atoms with Crippen LogP contribution in [0.5, 0.6) is 0 Å². The van der Waals surface area contributed by atoms with Crippen LogP contribution >= 0.6 is 0 Å². The van der Waals surface area contributed by atoms with Crippen LogP contribution < -0.4 is 5.32 Å². The monoisotopic (exact) mass is 279 g/mol. The third kappa shape index (κ3) is 2.87. The van der Waals surface area contributed by atoms with E-state index in [2.05, 4.69) is 17.3 Å². The quantitative estimate of drug-likeness (QED) is 0.862. The van der Waals surface area contributed by atoms with Gasteiger partial charge in [0.25, 0.3) is 0 Å². The molecule has 0 radical (unpaired) electrons. The lowest BCUT2D eigenvalue weighted by atomic mass is 9.82. The van der Waals surface area contributed by atoms with Gasteiger partial charge in [-0.25, -0.2) is 0 Å². The lowest BCUT2D eigenvalue weighted by Crippen LogP contribution is -2.45. The third-order valence-electron chi connectivity index (χ3n) is 4.64. The molecule has 2 rings (SSSR count). The van der Waals surface area contributed by atoms with E-state index in [0.29, 0.717) is 0 Å². The van der Waals surface area contributed by atoms with Crippen molar-refractivity contribution in [3.05, 3.63) is 18.0 Å². The Hall–Kier alpha value is -1.36. The highest BCUT2D eigenvalue weighted by Crippen LogP contribution is 2.41. The van der Waals surface area contributed by atoms with E-state index in [1.807, 2.05) is 7.05 Å². The molecule has 5 nitrogen and oxygen atoms in total. The minimum absolute atomic E-state index is 0.0849. The molecule has 0 aliphatic heterocycles. The molecule has 1 unspecified atom stereocenters. The van der Waals surface area contributed by atoms with Gasteiger partial charge in [0.15, 0.2) is 0 Å². The topological polar surface area (TPSA) is 67.2 Å². The Morgan fingerprint density at radius 1 is 1.55 bits per heavy atom. The van der Waals surface area contributed by atoms with Gasteiger partial charge in [-0.05, 0) is 26.2 Å². The van der Waals surface area contributed by atoms with Crippen molar-refractivity contribution >= 4 is 5.91 Å². The molecule has 1 saturated carbocycles. The number of carbonyl (C=O) groups excluding carboxylic acids is 1. The molecule has 1 aliphatic carbocycles. The molecule has 0 aromatic carbocycles. The van der Waals surface area contributed by atoms with Gasteiger partial charge in [0.1, 0.15) is 5.60 Å². The zero-order valence-electron chi connectivity index (χ0n) is 12.6. The second-order valence-electron chi connectivity index (χ2n) is 6.20. The highest BCUT2D eigenvalue weighted by molar-refractivity contribution is 5.82. The average Bonchev–Trinajstić information content (AvgIpc) is 3.05. The molecule has 1 aliphatic rings. The maximum atomic E-state index is 12.4. The normalized spacial score (nSPS) is 20.6. The molecule has 1 amide bonds. The molecule has 1 fully saturated rings. The number of rotatable bonds is 5. The Kier molecular flexibility index (Phi) is 4.18. The number of aliphatic hydroxyl groups is 1. The Labute approximate surface area is 120 Å². The maximum Gasteiger partial charge on any atom is 0.226 e. The van der Waals surface area contributed by atoms with Crippen LogP contribution in [0.15, 0.2) is 12.4 Å². The number of hydrogen-bond donors (Lipinski definition) is 2. The highest BCUT2D eigenvalue weighted by atomic mass is 16.3. The number of nitrogens with one attached hydrogen (secondary N) is 1. The van der Waals surface area contributed by atoms with Gasteiger partial charge in [0, 0.05) is 24.2 Å². The fourth-order valence-corrected chi connectivity index (χ4v) is 3.03. The molecule has 2 N–H and O–H groups in total. The van der Waals surface area contributed by atoms with Gasteiger partial charge in [-0.15, -0.1) is 0 Å². The summed E-state index contributed by atoms with van der Waals surface area (Å²) in [7, 11) is 1.81. The van der Waals surface area contributed by atoms with E-state index in [0.717, 1.165) is 37.7 Å². The summed E-state index contributed by atoms with van der Waals surface area (Å²) in [6.45, 7) is 4.00. The zero-order valence-corrected chi connectivity index (χ0v) is 12.6. The van der Waals surface area contributed by atoms with Crippen LogP contribution in [-0.2, 0) is 17.4 Å².